The van der Waals surface area contributed by atoms with E-state index in [9.17, 15) is 14.4 Å². The van der Waals surface area contributed by atoms with Gasteiger partial charge in [0, 0.05) is 24.5 Å². The molecule has 2 fully saturated rings. The molecule has 1 aromatic rings. The molecule has 7 heteroatoms. The van der Waals surface area contributed by atoms with Crippen LogP contribution in [0.4, 0.5) is 0 Å². The van der Waals surface area contributed by atoms with Crippen LogP contribution in [0.25, 0.3) is 0 Å². The summed E-state index contributed by atoms with van der Waals surface area (Å²) in [5.41, 5.74) is -0.0309. The number of carbonyl (C=O) groups is 3. The molecule has 1 saturated carbocycles. The predicted molar refractivity (Wildman–Crippen MR) is 90.8 cm³/mol. The van der Waals surface area contributed by atoms with Crippen LogP contribution in [0.1, 0.15) is 49.2 Å². The van der Waals surface area contributed by atoms with E-state index in [1.807, 2.05) is 13.8 Å². The molecule has 0 radical (unpaired) electrons. The largest absolute Gasteiger partial charge is 0.469 e. The molecule has 0 aromatic carbocycles. The Kier molecular flexibility index (Phi) is 4.58. The van der Waals surface area contributed by atoms with E-state index in [0.29, 0.717) is 23.8 Å². The molecule has 3 rings (SSSR count). The molecule has 2 unspecified atom stereocenters. The van der Waals surface area contributed by atoms with Crippen LogP contribution in [-0.4, -0.2) is 35.8 Å². The van der Waals surface area contributed by atoms with Gasteiger partial charge in [-0.05, 0) is 45.6 Å². The van der Waals surface area contributed by atoms with Gasteiger partial charge in [0.05, 0.1) is 17.7 Å². The Morgan fingerprint density at radius 1 is 1.40 bits per heavy atom. The van der Waals surface area contributed by atoms with Gasteiger partial charge in [-0.2, -0.15) is 0 Å². The first-order valence-electron chi connectivity index (χ1n) is 8.71. The minimum Gasteiger partial charge on any atom is -0.469 e. The summed E-state index contributed by atoms with van der Waals surface area (Å²) >= 11 is 0. The lowest BCUT2D eigenvalue weighted by molar-refractivity contribution is -0.127. The van der Waals surface area contributed by atoms with Gasteiger partial charge in [0.1, 0.15) is 5.76 Å². The number of hydrogen-bond acceptors (Lipinski definition) is 4. The number of aryl methyl sites for hydroxylation is 1. The lowest BCUT2D eigenvalue weighted by atomic mass is 9.88. The SMILES string of the molecule is Cc1occc1C(=O)NC(CNC(=O)C1CC(=O)NC1(C)C)C1CC1. The second-order valence-electron chi connectivity index (χ2n) is 7.58. The van der Waals surface area contributed by atoms with Crippen molar-refractivity contribution in [3.8, 4) is 0 Å². The van der Waals surface area contributed by atoms with Crippen LogP contribution >= 0.6 is 0 Å². The number of nitrogens with one attached hydrogen (secondary N) is 3. The maximum absolute atomic E-state index is 12.5. The average molecular weight is 347 g/mol. The molecule has 0 spiro atoms. The van der Waals surface area contributed by atoms with Gasteiger partial charge in [-0.25, -0.2) is 0 Å². The van der Waals surface area contributed by atoms with Crippen molar-refractivity contribution < 1.29 is 18.8 Å². The summed E-state index contributed by atoms with van der Waals surface area (Å²) in [4.78, 5) is 36.5. The Morgan fingerprint density at radius 2 is 2.12 bits per heavy atom. The highest BCUT2D eigenvalue weighted by Gasteiger charge is 2.44. The smallest absolute Gasteiger partial charge is 0.255 e. The third kappa shape index (κ3) is 3.86. The Balaban J connectivity index is 1.58. The van der Waals surface area contributed by atoms with Gasteiger partial charge in [-0.15, -0.1) is 0 Å². The third-order valence-electron chi connectivity index (χ3n) is 5.15. The Labute approximate surface area is 146 Å². The van der Waals surface area contributed by atoms with Gasteiger partial charge < -0.3 is 20.4 Å². The minimum absolute atomic E-state index is 0.104. The molecule has 7 nitrogen and oxygen atoms in total. The average Bonchev–Trinajstić information content (AvgIpc) is 3.22. The molecule has 1 aromatic heterocycles. The van der Waals surface area contributed by atoms with Gasteiger partial charge in [0.15, 0.2) is 0 Å². The highest BCUT2D eigenvalue weighted by atomic mass is 16.3. The van der Waals surface area contributed by atoms with E-state index in [0.717, 1.165) is 12.8 Å². The molecule has 1 aliphatic carbocycles. The topological polar surface area (TPSA) is 100 Å². The summed E-state index contributed by atoms with van der Waals surface area (Å²) in [6.07, 6.45) is 3.78. The zero-order valence-electron chi connectivity index (χ0n) is 14.8. The first-order valence-corrected chi connectivity index (χ1v) is 8.71. The zero-order valence-corrected chi connectivity index (χ0v) is 14.8. The molecule has 136 valence electrons. The van der Waals surface area contributed by atoms with Crippen molar-refractivity contribution in [2.24, 2.45) is 11.8 Å². The first-order chi connectivity index (χ1) is 11.8. The molecule has 0 bridgehead atoms. The van der Waals surface area contributed by atoms with Crippen molar-refractivity contribution in [3.05, 3.63) is 23.7 Å². The molecule has 2 heterocycles. The molecule has 1 saturated heterocycles. The van der Waals surface area contributed by atoms with E-state index >= 15 is 0 Å². The highest BCUT2D eigenvalue weighted by molar-refractivity contribution is 5.95. The summed E-state index contributed by atoms with van der Waals surface area (Å²) < 4.78 is 5.17. The maximum Gasteiger partial charge on any atom is 0.255 e. The van der Waals surface area contributed by atoms with Crippen LogP contribution in [-0.2, 0) is 9.59 Å². The van der Waals surface area contributed by atoms with Crippen molar-refractivity contribution in [1.82, 2.24) is 16.0 Å². The molecule has 2 aliphatic rings. The van der Waals surface area contributed by atoms with E-state index in [1.165, 1.54) is 6.26 Å². The van der Waals surface area contributed by atoms with Crippen LogP contribution in [0, 0.1) is 18.8 Å². The summed E-state index contributed by atoms with van der Waals surface area (Å²) in [7, 11) is 0. The van der Waals surface area contributed by atoms with Crippen molar-refractivity contribution in [2.75, 3.05) is 6.54 Å². The van der Waals surface area contributed by atoms with E-state index in [1.54, 1.807) is 13.0 Å². The van der Waals surface area contributed by atoms with Gasteiger partial charge in [0.25, 0.3) is 5.91 Å². The van der Waals surface area contributed by atoms with Gasteiger partial charge in [-0.1, -0.05) is 0 Å². The van der Waals surface area contributed by atoms with Crippen LogP contribution in [0.15, 0.2) is 16.7 Å². The molecular formula is C18H25N3O4. The molecule has 1 aliphatic heterocycles. The number of carbonyl (C=O) groups excluding carboxylic acids is 3. The summed E-state index contributed by atoms with van der Waals surface area (Å²) in [5, 5.41) is 8.74. The quantitative estimate of drug-likeness (QED) is 0.718. The van der Waals surface area contributed by atoms with Crippen LogP contribution in [0.2, 0.25) is 0 Å². The molecule has 2 atom stereocenters. The van der Waals surface area contributed by atoms with E-state index in [4.69, 9.17) is 4.42 Å². The van der Waals surface area contributed by atoms with Gasteiger partial charge in [0.2, 0.25) is 11.8 Å². The van der Waals surface area contributed by atoms with Crippen molar-refractivity contribution in [2.45, 2.75) is 51.6 Å². The fourth-order valence-corrected chi connectivity index (χ4v) is 3.39. The van der Waals surface area contributed by atoms with Crippen LogP contribution < -0.4 is 16.0 Å². The predicted octanol–water partition coefficient (Wildman–Crippen LogP) is 1.13. The van der Waals surface area contributed by atoms with Gasteiger partial charge in [-0.3, -0.25) is 14.4 Å². The van der Waals surface area contributed by atoms with Crippen molar-refractivity contribution in [1.29, 1.82) is 0 Å². The Morgan fingerprint density at radius 3 is 2.64 bits per heavy atom. The van der Waals surface area contributed by atoms with E-state index < -0.39 is 11.5 Å². The maximum atomic E-state index is 12.5. The second-order valence-corrected chi connectivity index (χ2v) is 7.58. The number of rotatable bonds is 6. The highest BCUT2D eigenvalue weighted by Crippen LogP contribution is 2.33. The minimum atomic E-state index is -0.548. The summed E-state index contributed by atoms with van der Waals surface area (Å²) in [5.74, 6) is 0.124. The van der Waals surface area contributed by atoms with Crippen LogP contribution in [0.5, 0.6) is 0 Å². The number of hydrogen-bond donors (Lipinski definition) is 3. The molecule has 3 amide bonds. The fourth-order valence-electron chi connectivity index (χ4n) is 3.39. The standard InChI is InChI=1S/C18H25N3O4/c1-10-12(6-7-25-10)16(23)20-14(11-4-5-11)9-19-17(24)13-8-15(22)21-18(13,2)3/h6-7,11,13-14H,4-5,8-9H2,1-3H3,(H,19,24)(H,20,23)(H,21,22). The first kappa shape index (κ1) is 17.5. The summed E-state index contributed by atoms with van der Waals surface area (Å²) in [6, 6.07) is 1.53. The summed E-state index contributed by atoms with van der Waals surface area (Å²) in [6.45, 7) is 5.82. The van der Waals surface area contributed by atoms with Crippen molar-refractivity contribution in [3.63, 3.8) is 0 Å². The lowest BCUT2D eigenvalue weighted by Gasteiger charge is -2.26. The van der Waals surface area contributed by atoms with Crippen LogP contribution in [0.3, 0.4) is 0 Å². The molecule has 3 N–H and O–H groups in total. The molecule has 25 heavy (non-hydrogen) atoms. The van der Waals surface area contributed by atoms with E-state index in [-0.39, 0.29) is 30.2 Å². The number of amides is 3. The third-order valence-corrected chi connectivity index (χ3v) is 5.15. The Bertz CT molecular complexity index is 690. The van der Waals surface area contributed by atoms with E-state index in [2.05, 4.69) is 16.0 Å². The van der Waals surface area contributed by atoms with Crippen molar-refractivity contribution >= 4 is 17.7 Å². The second kappa shape index (κ2) is 6.54. The Hall–Kier alpha value is -2.31. The normalized spacial score (nSPS) is 23.0. The zero-order chi connectivity index (χ0) is 18.2. The fraction of sp³-hybridized carbons (Fsp3) is 0.611. The number of furan rings is 1. The van der Waals surface area contributed by atoms with Gasteiger partial charge >= 0.3 is 0 Å². The monoisotopic (exact) mass is 347 g/mol. The molecular weight excluding hydrogens is 322 g/mol. The lowest BCUT2D eigenvalue weighted by Crippen LogP contribution is -2.50.